The number of alkyl halides is 1. The molecular weight excluding hydrogens is 1910 g/mol. The summed E-state index contributed by atoms with van der Waals surface area (Å²) in [5, 5.41) is 92.6. The lowest BCUT2D eigenvalue weighted by molar-refractivity contribution is 0.0630. The second-order valence-corrected chi connectivity index (χ2v) is 35.4. The molecule has 3 unspecified atom stereocenters. The molecule has 14 aromatic rings. The van der Waals surface area contributed by atoms with Crippen molar-refractivity contribution in [2.75, 3.05) is 32.9 Å². The van der Waals surface area contributed by atoms with Crippen LogP contribution in [0.5, 0.6) is 23.0 Å². The Morgan fingerprint density at radius 3 is 0.859 bits per heavy atom. The van der Waals surface area contributed by atoms with E-state index in [-0.39, 0.29) is 87.5 Å². The number of hydrogen-bond donors (Lipinski definition) is 10. The number of rotatable bonds is 15. The fourth-order valence-corrected chi connectivity index (χ4v) is 19.3. The molecule has 7 atom stereocenters. The molecule has 10 N–H and O–H groups in total. The first-order chi connectivity index (χ1) is 72.9. The number of phenolic OH excluding ortho intramolecular Hbond substituents is 4. The first-order valence-electron chi connectivity index (χ1n) is 54.6. The maximum absolute atomic E-state index is 12.6. The van der Waals surface area contributed by atoms with Crippen LogP contribution in [0.3, 0.4) is 0 Å². The molecule has 1 saturated heterocycles. The minimum atomic E-state index is -0.206. The molecule has 1 heterocycles. The summed E-state index contributed by atoms with van der Waals surface area (Å²) in [7, 11) is 0. The highest BCUT2D eigenvalue weighted by molar-refractivity contribution is 9.10. The highest BCUT2D eigenvalue weighted by Gasteiger charge is 2.36. The summed E-state index contributed by atoms with van der Waals surface area (Å²) >= 11 is 3.31. The lowest BCUT2D eigenvalue weighted by atomic mass is 9.69. The van der Waals surface area contributed by atoms with Crippen LogP contribution in [0.15, 0.2) is 344 Å². The average Bonchev–Trinajstić information content (AvgIpc) is 0.780. The molecule has 800 valence electrons. The van der Waals surface area contributed by atoms with Gasteiger partial charge in [0.15, 0.2) is 11.6 Å². The average molecular weight is 2090 g/mol. The van der Waals surface area contributed by atoms with E-state index in [1.165, 1.54) is 72.3 Å². The second-order valence-electron chi connectivity index (χ2n) is 34.5. The summed E-state index contributed by atoms with van der Waals surface area (Å²) in [6, 6.07) is 112. The summed E-state index contributed by atoms with van der Waals surface area (Å²) in [6.45, 7) is 40.7. The van der Waals surface area contributed by atoms with E-state index in [0.717, 1.165) is 137 Å². The smallest absolute Gasteiger partial charge is 0.170 e. The number of halogens is 2. The third kappa shape index (κ3) is 40.2. The number of fused-ring (bicyclic) bond motifs is 5. The van der Waals surface area contributed by atoms with Crippen LogP contribution in [-0.4, -0.2) is 100 Å². The van der Waals surface area contributed by atoms with Crippen molar-refractivity contribution in [2.24, 2.45) is 5.92 Å². The first kappa shape index (κ1) is 129. The van der Waals surface area contributed by atoms with Gasteiger partial charge in [0.2, 0.25) is 0 Å². The van der Waals surface area contributed by atoms with Gasteiger partial charge in [-0.25, -0.2) is 0 Å². The molecule has 0 spiro atoms. The molecule has 0 aromatic heterocycles. The van der Waals surface area contributed by atoms with Gasteiger partial charge in [0.25, 0.3) is 0 Å². The number of benzene rings is 14. The number of nitrogens with zero attached hydrogens (tertiary/aromatic N) is 1. The molecule has 149 heavy (non-hydrogen) atoms. The predicted octanol–water partition coefficient (Wildman–Crippen LogP) is 32.3. The summed E-state index contributed by atoms with van der Waals surface area (Å²) in [5.74, 6) is 3.93. The van der Waals surface area contributed by atoms with Crippen molar-refractivity contribution in [1.29, 1.82) is 0 Å². The van der Waals surface area contributed by atoms with Crippen molar-refractivity contribution in [2.45, 2.75) is 277 Å². The van der Waals surface area contributed by atoms with Gasteiger partial charge in [0.1, 0.15) is 23.0 Å². The number of aromatic hydroxyl groups is 4. The third-order valence-corrected chi connectivity index (χ3v) is 26.3. The van der Waals surface area contributed by atoms with E-state index in [1.807, 2.05) is 300 Å². The maximum Gasteiger partial charge on any atom is 0.170 e. The lowest BCUT2D eigenvalue weighted by Gasteiger charge is -2.37. The Kier molecular flexibility index (Phi) is 64.6. The Balaban J connectivity index is 0.000000357. The van der Waals surface area contributed by atoms with Crippen molar-refractivity contribution in [3.63, 3.8) is 0 Å². The number of β-amino-alcohol motifs (C(OH)–C–C–N with tert-alkyl or cyclic N) is 1. The zero-order valence-electron chi connectivity index (χ0n) is 92.3. The van der Waals surface area contributed by atoms with Crippen molar-refractivity contribution in [3.05, 3.63) is 472 Å². The molecule has 0 saturated carbocycles. The summed E-state index contributed by atoms with van der Waals surface area (Å²) in [4.78, 5) is 26.0. The molecule has 1 fully saturated rings. The number of Topliss-reactive ketones (excluding diaryl/α,β-unsaturated/α-hetero) is 2. The second kappa shape index (κ2) is 74.6. The number of carbonyl (C=O) groups is 2. The largest absolute Gasteiger partial charge is 0.508 e. The van der Waals surface area contributed by atoms with E-state index >= 15 is 0 Å². The van der Waals surface area contributed by atoms with Gasteiger partial charge in [-0.15, -0.1) is 0 Å². The number of phenols is 4. The van der Waals surface area contributed by atoms with Crippen LogP contribution >= 0.6 is 15.9 Å². The molecule has 6 aliphatic rings. The molecule has 15 heteroatoms. The molecular formula is C134H173BrFNO12. The fourth-order valence-electron chi connectivity index (χ4n) is 19.0. The summed E-state index contributed by atoms with van der Waals surface area (Å²) < 4.78 is 12.9. The van der Waals surface area contributed by atoms with Gasteiger partial charge < -0.3 is 56.0 Å². The Bertz CT molecular complexity index is 5540. The van der Waals surface area contributed by atoms with Gasteiger partial charge in [-0.05, 0) is 261 Å². The molecule has 20 rings (SSSR count). The number of aliphatic hydroxyl groups excluding tert-OH is 6. The van der Waals surface area contributed by atoms with E-state index in [2.05, 4.69) is 143 Å². The van der Waals surface area contributed by atoms with Crippen LogP contribution in [-0.2, 0) is 65.1 Å². The lowest BCUT2D eigenvalue weighted by Crippen LogP contribution is -2.48. The molecule has 0 bridgehead atoms. The Labute approximate surface area is 902 Å². The van der Waals surface area contributed by atoms with Gasteiger partial charge in [-0.1, -0.05) is 425 Å². The zero-order chi connectivity index (χ0) is 110. The summed E-state index contributed by atoms with van der Waals surface area (Å²) in [5.41, 5.74) is 26.6. The summed E-state index contributed by atoms with van der Waals surface area (Å²) in [6.07, 6.45) is 10.7. The van der Waals surface area contributed by atoms with Crippen LogP contribution in [0.2, 0.25) is 0 Å². The first-order valence-corrected chi connectivity index (χ1v) is 55.3. The van der Waals surface area contributed by atoms with Crippen LogP contribution < -0.4 is 0 Å². The Morgan fingerprint density at radius 1 is 0.295 bits per heavy atom. The minimum Gasteiger partial charge on any atom is -0.508 e. The number of carbonyl (C=O) groups excluding carboxylic acids is 2. The van der Waals surface area contributed by atoms with Gasteiger partial charge in [-0.3, -0.25) is 14.0 Å². The Hall–Kier alpha value is -12.3. The molecule has 13 nitrogen and oxygen atoms in total. The highest BCUT2D eigenvalue weighted by Crippen LogP contribution is 2.51. The standard InChI is InChI=1S/3C23H22O2.C17H16O2.C11H12O2.C7H8O.C6H5Br.C6H12FNO.9C2H6/c3*24-15-16-6-12-22-19(14-16)9-13-21(17-4-2-1-3-5-17)23(22)18-7-10-20(25)11-8-18;18-11-12-6-8-16-14(10-12)7-9-15(17(16)19)13-4-2-1-3-5-13;12-7-8-4-5-10-9(6-8)2-1-3-11(10)13;1-6-2-4-7(8)5-3-6;7-6-4-2-1-3-5-6;7-3-6-4-8(5-6)1-2-9;9*1-2/h3*1-8,10-12,14,21,23-25H,9,13,15H2;1-6,8,10,15,18H,7,9,11H2;4-6,12H,1-3,7H2;2-5,8H,1H3;1-5H;6,9H,1-5H2;9*1-2H3/t2*21-,23+;;;;;;;;;;;;;;;/m10.............../s1. The number of ketones is 2. The minimum absolute atomic E-state index is 0.0197. The topological polar surface area (TPSA) is 240 Å². The van der Waals surface area contributed by atoms with E-state index in [9.17, 15) is 44.6 Å². The molecule has 0 radical (unpaired) electrons. The maximum atomic E-state index is 12.6. The Morgan fingerprint density at radius 2 is 0.570 bits per heavy atom. The van der Waals surface area contributed by atoms with Gasteiger partial charge in [0.05, 0.1) is 46.3 Å². The zero-order valence-corrected chi connectivity index (χ0v) is 93.9. The monoisotopic (exact) mass is 2090 g/mol. The van der Waals surface area contributed by atoms with Gasteiger partial charge in [0, 0.05) is 71.2 Å². The van der Waals surface area contributed by atoms with Crippen LogP contribution in [0.25, 0.3) is 0 Å². The number of aliphatic hydroxyl groups is 6. The van der Waals surface area contributed by atoms with Crippen molar-refractivity contribution in [1.82, 2.24) is 4.90 Å². The van der Waals surface area contributed by atoms with Crippen LogP contribution in [0.4, 0.5) is 4.39 Å². The normalized spacial score (nSPS) is 16.0. The SMILES string of the molecule is Brc1ccccc1.CC.CC.CC.CC.CC.CC.CC.CC.CC.Cc1ccc(O)cc1.O=C1CCCc2cc(CO)ccc21.O=C1c2ccc(CO)cc2CCC1c1ccccc1.OCCN1CC(CF)C1.OCc1ccc2c(c1)CCC(c1ccccc1)C2c1ccc(O)cc1.OCc1ccc2c(c1)CC[C@@H](c1ccccc1)[C@H]2c1ccc(O)cc1.OCc1ccc2c(c1)CC[C@H](c1ccccc1)[C@@H]2c1ccc(O)cc1. The van der Waals surface area contributed by atoms with Crippen LogP contribution in [0, 0.1) is 12.8 Å². The number of hydrogen-bond acceptors (Lipinski definition) is 13. The fraction of sp³-hybridized carbons (Fsp3) is 0.358. The molecule has 5 aliphatic carbocycles. The van der Waals surface area contributed by atoms with E-state index < -0.39 is 0 Å². The van der Waals surface area contributed by atoms with Crippen molar-refractivity contribution in [3.8, 4) is 23.0 Å². The molecule has 14 aromatic carbocycles. The quantitative estimate of drug-likeness (QED) is 0.0460. The van der Waals surface area contributed by atoms with Crippen molar-refractivity contribution < 1.29 is 65.0 Å². The number of aryl methyl sites for hydroxylation is 6. The number of likely N-dealkylation sites (tertiary alicyclic amines) is 1. The van der Waals surface area contributed by atoms with E-state index in [1.54, 1.807) is 48.5 Å². The molecule has 1 aliphatic heterocycles. The van der Waals surface area contributed by atoms with E-state index in [0.29, 0.717) is 53.7 Å². The highest BCUT2D eigenvalue weighted by atomic mass is 79.9. The van der Waals surface area contributed by atoms with Crippen molar-refractivity contribution >= 4 is 27.5 Å². The molecule has 0 amide bonds. The van der Waals surface area contributed by atoms with Gasteiger partial charge in [-0.2, -0.15) is 0 Å². The van der Waals surface area contributed by atoms with E-state index in [4.69, 9.17) is 20.4 Å². The van der Waals surface area contributed by atoms with Crippen LogP contribution in [0.1, 0.15) is 342 Å². The van der Waals surface area contributed by atoms with Gasteiger partial charge >= 0.3 is 0 Å². The third-order valence-electron chi connectivity index (χ3n) is 25.8. The predicted molar refractivity (Wildman–Crippen MR) is 625 cm³/mol.